The van der Waals surface area contributed by atoms with Crippen molar-refractivity contribution in [1.29, 1.82) is 0 Å². The Bertz CT molecular complexity index is 341. The van der Waals surface area contributed by atoms with Gasteiger partial charge in [0.15, 0.2) is 0 Å². The molecule has 1 unspecified atom stereocenters. The monoisotopic (exact) mass is 255 g/mol. The molecule has 2 N–H and O–H groups in total. The number of hydrogen-bond donors (Lipinski definition) is 2. The van der Waals surface area contributed by atoms with Gasteiger partial charge in [-0.25, -0.2) is 0 Å². The van der Waals surface area contributed by atoms with E-state index in [2.05, 4.69) is 0 Å². The van der Waals surface area contributed by atoms with E-state index < -0.39 is 11.4 Å². The first-order chi connectivity index (χ1) is 8.47. The number of aliphatic hydroxyl groups excluding tert-OH is 1. The van der Waals surface area contributed by atoms with E-state index in [0.717, 1.165) is 19.3 Å². The van der Waals surface area contributed by atoms with Gasteiger partial charge in [-0.1, -0.05) is 6.42 Å². The van der Waals surface area contributed by atoms with Gasteiger partial charge >= 0.3 is 5.97 Å². The Labute approximate surface area is 107 Å². The van der Waals surface area contributed by atoms with Crippen molar-refractivity contribution in [3.8, 4) is 0 Å². The molecule has 1 aliphatic carbocycles. The minimum absolute atomic E-state index is 0.217. The van der Waals surface area contributed by atoms with Crippen LogP contribution in [-0.2, 0) is 9.59 Å². The van der Waals surface area contributed by atoms with Gasteiger partial charge in [0.1, 0.15) is 5.41 Å². The summed E-state index contributed by atoms with van der Waals surface area (Å²) in [6.07, 6.45) is 2.94. The van der Waals surface area contributed by atoms with Crippen LogP contribution in [0, 0.1) is 11.3 Å². The average Bonchev–Trinajstić information content (AvgIpc) is 2.27. The molecule has 1 atom stereocenters. The van der Waals surface area contributed by atoms with Crippen LogP contribution in [0.4, 0.5) is 0 Å². The second-order valence-corrected chi connectivity index (χ2v) is 5.61. The van der Waals surface area contributed by atoms with E-state index >= 15 is 0 Å². The summed E-state index contributed by atoms with van der Waals surface area (Å²) in [5.74, 6) is -0.960. The highest BCUT2D eigenvalue weighted by atomic mass is 16.4. The Morgan fingerprint density at radius 3 is 2.17 bits per heavy atom. The van der Waals surface area contributed by atoms with Crippen LogP contribution in [0.15, 0.2) is 0 Å². The predicted octanol–water partition coefficient (Wildman–Crippen LogP) is 0.861. The lowest BCUT2D eigenvalue weighted by Crippen LogP contribution is -2.54. The summed E-state index contributed by atoms with van der Waals surface area (Å²) in [5, 5.41) is 18.7. The molecule has 0 radical (unpaired) electrons. The fourth-order valence-corrected chi connectivity index (χ4v) is 2.94. The minimum atomic E-state index is -1.14. The number of hydrogen-bond acceptors (Lipinski definition) is 3. The first kappa shape index (κ1) is 13.3. The average molecular weight is 255 g/mol. The fourth-order valence-electron chi connectivity index (χ4n) is 2.94. The van der Waals surface area contributed by atoms with Crippen LogP contribution in [0.25, 0.3) is 0 Å². The van der Waals surface area contributed by atoms with E-state index in [1.165, 1.54) is 0 Å². The molecule has 18 heavy (non-hydrogen) atoms. The number of carbonyl (C=O) groups is 2. The Balaban J connectivity index is 1.97. The number of aliphatic carboxylic acids is 1. The number of aliphatic hydroxyl groups is 1. The maximum absolute atomic E-state index is 12.3. The van der Waals surface area contributed by atoms with Crippen LogP contribution in [0.2, 0.25) is 0 Å². The number of piperidine rings is 1. The molecule has 0 bridgehead atoms. The zero-order valence-electron chi connectivity index (χ0n) is 10.8. The molecule has 1 saturated heterocycles. The number of carboxylic acid groups (broad SMARTS) is 1. The Morgan fingerprint density at radius 1 is 1.28 bits per heavy atom. The summed E-state index contributed by atoms with van der Waals surface area (Å²) < 4.78 is 0. The number of carbonyl (C=O) groups excluding carboxylic acids is 1. The molecule has 2 aliphatic rings. The van der Waals surface area contributed by atoms with Gasteiger partial charge < -0.3 is 15.1 Å². The van der Waals surface area contributed by atoms with Gasteiger partial charge in [0, 0.05) is 13.1 Å². The molecular weight excluding hydrogens is 234 g/mol. The molecule has 5 heteroatoms. The summed E-state index contributed by atoms with van der Waals surface area (Å²) in [6.45, 7) is 2.92. The number of carboxylic acids is 1. The summed E-state index contributed by atoms with van der Waals surface area (Å²) in [5.41, 5.74) is -1.14. The second-order valence-electron chi connectivity index (χ2n) is 5.61. The summed E-state index contributed by atoms with van der Waals surface area (Å²) in [7, 11) is 0. The molecule has 5 nitrogen and oxygen atoms in total. The highest BCUT2D eigenvalue weighted by molar-refractivity contribution is 6.02. The van der Waals surface area contributed by atoms with Crippen molar-refractivity contribution >= 4 is 11.9 Å². The number of nitrogens with zero attached hydrogens (tertiary/aromatic N) is 1. The van der Waals surface area contributed by atoms with Crippen molar-refractivity contribution in [3.05, 3.63) is 0 Å². The SMILES string of the molecule is CC(O)C1CCN(C(=O)C2(C(=O)O)CCC2)CC1. The van der Waals surface area contributed by atoms with Crippen LogP contribution in [0.3, 0.4) is 0 Å². The zero-order chi connectivity index (χ0) is 13.3. The van der Waals surface area contributed by atoms with Crippen LogP contribution < -0.4 is 0 Å². The smallest absolute Gasteiger partial charge is 0.319 e. The van der Waals surface area contributed by atoms with E-state index in [4.69, 9.17) is 0 Å². The third-order valence-corrected chi connectivity index (χ3v) is 4.53. The van der Waals surface area contributed by atoms with Crippen LogP contribution in [-0.4, -0.2) is 46.2 Å². The van der Waals surface area contributed by atoms with Crippen LogP contribution >= 0.6 is 0 Å². The molecule has 1 heterocycles. The summed E-state index contributed by atoms with van der Waals surface area (Å²) in [6, 6.07) is 0. The largest absolute Gasteiger partial charge is 0.480 e. The Kier molecular flexibility index (Phi) is 3.61. The van der Waals surface area contributed by atoms with Gasteiger partial charge in [0.05, 0.1) is 6.10 Å². The van der Waals surface area contributed by atoms with E-state index in [-0.39, 0.29) is 17.9 Å². The number of likely N-dealkylation sites (tertiary alicyclic amines) is 1. The molecule has 0 spiro atoms. The van der Waals surface area contributed by atoms with Gasteiger partial charge in [0.2, 0.25) is 5.91 Å². The van der Waals surface area contributed by atoms with Gasteiger partial charge in [0.25, 0.3) is 0 Å². The molecule has 2 fully saturated rings. The summed E-state index contributed by atoms with van der Waals surface area (Å²) in [4.78, 5) is 25.2. The van der Waals surface area contributed by atoms with Crippen LogP contribution in [0.1, 0.15) is 39.0 Å². The van der Waals surface area contributed by atoms with Crippen LogP contribution in [0.5, 0.6) is 0 Å². The van der Waals surface area contributed by atoms with Gasteiger partial charge in [-0.05, 0) is 38.5 Å². The molecule has 1 amide bonds. The normalized spacial score (nSPS) is 25.3. The third-order valence-electron chi connectivity index (χ3n) is 4.53. The van der Waals surface area contributed by atoms with E-state index in [1.54, 1.807) is 11.8 Å². The topological polar surface area (TPSA) is 77.8 Å². The highest BCUT2D eigenvalue weighted by Crippen LogP contribution is 2.43. The highest BCUT2D eigenvalue weighted by Gasteiger charge is 2.53. The van der Waals surface area contributed by atoms with Crippen molar-refractivity contribution in [2.45, 2.75) is 45.1 Å². The van der Waals surface area contributed by atoms with Crippen molar-refractivity contribution in [3.63, 3.8) is 0 Å². The molecule has 0 aromatic rings. The molecule has 1 aliphatic heterocycles. The third kappa shape index (κ3) is 2.11. The Hall–Kier alpha value is -1.10. The maximum atomic E-state index is 12.3. The second kappa shape index (κ2) is 4.88. The van der Waals surface area contributed by atoms with Gasteiger partial charge in [-0.2, -0.15) is 0 Å². The number of rotatable bonds is 3. The van der Waals surface area contributed by atoms with E-state index in [1.807, 2.05) is 0 Å². The van der Waals surface area contributed by atoms with E-state index in [9.17, 15) is 19.8 Å². The van der Waals surface area contributed by atoms with Crippen molar-refractivity contribution in [2.24, 2.45) is 11.3 Å². The first-order valence-corrected chi connectivity index (χ1v) is 6.68. The molecule has 102 valence electrons. The minimum Gasteiger partial charge on any atom is -0.480 e. The van der Waals surface area contributed by atoms with Gasteiger partial charge in [-0.15, -0.1) is 0 Å². The molecule has 2 rings (SSSR count). The molecule has 0 aromatic carbocycles. The van der Waals surface area contributed by atoms with Crippen molar-refractivity contribution in [2.75, 3.05) is 13.1 Å². The van der Waals surface area contributed by atoms with Gasteiger partial charge in [-0.3, -0.25) is 9.59 Å². The van der Waals surface area contributed by atoms with Crippen molar-refractivity contribution < 1.29 is 19.8 Å². The quantitative estimate of drug-likeness (QED) is 0.733. The van der Waals surface area contributed by atoms with E-state index in [0.29, 0.717) is 25.9 Å². The maximum Gasteiger partial charge on any atom is 0.319 e. The first-order valence-electron chi connectivity index (χ1n) is 6.68. The predicted molar refractivity (Wildman–Crippen MR) is 64.9 cm³/mol. The lowest BCUT2D eigenvalue weighted by Gasteiger charge is -2.42. The lowest BCUT2D eigenvalue weighted by atomic mass is 9.67. The fraction of sp³-hybridized carbons (Fsp3) is 0.846. The zero-order valence-corrected chi connectivity index (χ0v) is 10.8. The van der Waals surface area contributed by atoms with Crippen molar-refractivity contribution in [1.82, 2.24) is 4.90 Å². The molecule has 1 saturated carbocycles. The number of amides is 1. The molecular formula is C13H21NO4. The molecule has 0 aromatic heterocycles. The Morgan fingerprint density at radius 2 is 1.83 bits per heavy atom. The standard InChI is InChI=1S/C13H21NO4/c1-9(15)10-3-7-14(8-4-10)11(16)13(12(17)18)5-2-6-13/h9-10,15H,2-8H2,1H3,(H,17,18). The lowest BCUT2D eigenvalue weighted by molar-refractivity contribution is -0.168. The summed E-state index contributed by atoms with van der Waals surface area (Å²) >= 11 is 0.